The number of nitrogens with one attached hydrogen (secondary N) is 1. The predicted octanol–water partition coefficient (Wildman–Crippen LogP) is 3.79. The maximum atomic E-state index is 12.7. The predicted molar refractivity (Wildman–Crippen MR) is 116 cm³/mol. The lowest BCUT2D eigenvalue weighted by Crippen LogP contribution is -2.31. The standard InChI is InChI=1S/C23H20ClN3O3/c24-18-9-5-6-14-12-15(21(27-20(14)18)19-10-3-4-11-25-19)13-26-22(28)16-7-1-2-8-17(16)23(29)30/h1,3-7,9-11,14H,2,8,12-13H2,(H,26,28)(H,29,30). The molecule has 2 N–H and O–H groups in total. The third-order valence-electron chi connectivity index (χ3n) is 5.26. The number of carbonyl (C=O) groups is 2. The van der Waals surface area contributed by atoms with Gasteiger partial charge in [-0.1, -0.05) is 42.0 Å². The first-order chi connectivity index (χ1) is 14.5. The summed E-state index contributed by atoms with van der Waals surface area (Å²) in [4.78, 5) is 33.4. The first kappa shape index (κ1) is 20.0. The van der Waals surface area contributed by atoms with Crippen molar-refractivity contribution >= 4 is 34.9 Å². The number of carbonyl (C=O) groups excluding carboxylic acids is 1. The molecule has 2 heterocycles. The van der Waals surface area contributed by atoms with Crippen molar-refractivity contribution in [1.82, 2.24) is 10.3 Å². The summed E-state index contributed by atoms with van der Waals surface area (Å²) in [5.41, 5.74) is 3.46. The van der Waals surface area contributed by atoms with E-state index in [9.17, 15) is 14.7 Å². The Balaban J connectivity index is 1.64. The van der Waals surface area contributed by atoms with Gasteiger partial charge in [-0.05, 0) is 43.0 Å². The molecule has 2 aliphatic carbocycles. The average molecular weight is 422 g/mol. The van der Waals surface area contributed by atoms with E-state index >= 15 is 0 Å². The zero-order chi connectivity index (χ0) is 21.1. The lowest BCUT2D eigenvalue weighted by atomic mass is 9.87. The molecule has 1 unspecified atom stereocenters. The lowest BCUT2D eigenvalue weighted by Gasteiger charge is -2.26. The molecule has 30 heavy (non-hydrogen) atoms. The molecule has 1 amide bonds. The summed E-state index contributed by atoms with van der Waals surface area (Å²) in [6, 6.07) is 5.58. The van der Waals surface area contributed by atoms with Gasteiger partial charge in [-0.3, -0.25) is 9.78 Å². The number of carboxylic acid groups (broad SMARTS) is 1. The maximum absolute atomic E-state index is 12.7. The SMILES string of the molecule is O=C(O)C1=C(C(=O)NCC2=C(c3ccccn3)N=C3C(Cl)=CC=CC3C2)C=CCC1. The summed E-state index contributed by atoms with van der Waals surface area (Å²) in [5.74, 6) is -1.42. The van der Waals surface area contributed by atoms with Crippen LogP contribution in [0, 0.1) is 5.92 Å². The summed E-state index contributed by atoms with van der Waals surface area (Å²) < 4.78 is 0. The summed E-state index contributed by atoms with van der Waals surface area (Å²) in [5, 5.41) is 12.9. The van der Waals surface area contributed by atoms with Crippen molar-refractivity contribution in [3.8, 4) is 0 Å². The van der Waals surface area contributed by atoms with Crippen LogP contribution in [0.1, 0.15) is 25.0 Å². The smallest absolute Gasteiger partial charge is 0.332 e. The van der Waals surface area contributed by atoms with Gasteiger partial charge in [0.15, 0.2) is 0 Å². The van der Waals surface area contributed by atoms with E-state index in [-0.39, 0.29) is 23.6 Å². The molecule has 4 rings (SSSR count). The van der Waals surface area contributed by atoms with Gasteiger partial charge >= 0.3 is 5.97 Å². The van der Waals surface area contributed by atoms with Crippen LogP contribution in [0.3, 0.4) is 0 Å². The number of carboxylic acids is 1. The molecule has 0 saturated heterocycles. The number of nitrogens with zero attached hydrogens (tertiary/aromatic N) is 2. The molecule has 1 atom stereocenters. The number of halogens is 1. The van der Waals surface area contributed by atoms with Gasteiger partial charge in [0.2, 0.25) is 0 Å². The van der Waals surface area contributed by atoms with Crippen molar-refractivity contribution in [2.75, 3.05) is 6.54 Å². The van der Waals surface area contributed by atoms with E-state index in [0.29, 0.717) is 35.7 Å². The Morgan fingerprint density at radius 3 is 2.93 bits per heavy atom. The molecule has 0 aromatic carbocycles. The number of aliphatic carboxylic acids is 1. The second-order valence-electron chi connectivity index (χ2n) is 7.20. The molecule has 1 aromatic heterocycles. The Hall–Kier alpha value is -3.25. The normalized spacial score (nSPS) is 20.5. The van der Waals surface area contributed by atoms with Crippen LogP contribution in [0.5, 0.6) is 0 Å². The number of fused-ring (bicyclic) bond motifs is 1. The van der Waals surface area contributed by atoms with Gasteiger partial charge in [-0.25, -0.2) is 9.79 Å². The van der Waals surface area contributed by atoms with Crippen LogP contribution < -0.4 is 5.32 Å². The minimum atomic E-state index is -1.06. The Kier molecular flexibility index (Phi) is 5.77. The van der Waals surface area contributed by atoms with Crippen molar-refractivity contribution in [3.63, 3.8) is 0 Å². The fourth-order valence-corrected chi connectivity index (χ4v) is 4.02. The zero-order valence-corrected chi connectivity index (χ0v) is 16.9. The molecule has 0 saturated carbocycles. The monoisotopic (exact) mass is 421 g/mol. The second-order valence-corrected chi connectivity index (χ2v) is 7.60. The van der Waals surface area contributed by atoms with E-state index in [1.54, 1.807) is 12.3 Å². The molecule has 0 fully saturated rings. The topological polar surface area (TPSA) is 91.6 Å². The van der Waals surface area contributed by atoms with Crippen molar-refractivity contribution < 1.29 is 14.7 Å². The highest BCUT2D eigenvalue weighted by Gasteiger charge is 2.28. The van der Waals surface area contributed by atoms with Crippen LogP contribution >= 0.6 is 11.6 Å². The van der Waals surface area contributed by atoms with Crippen molar-refractivity contribution in [2.24, 2.45) is 10.9 Å². The van der Waals surface area contributed by atoms with Gasteiger partial charge in [-0.2, -0.15) is 0 Å². The Bertz CT molecular complexity index is 1080. The number of amides is 1. The van der Waals surface area contributed by atoms with Crippen LogP contribution in [-0.2, 0) is 9.59 Å². The number of aromatic nitrogens is 1. The highest BCUT2D eigenvalue weighted by molar-refractivity contribution is 6.44. The second kappa shape index (κ2) is 8.63. The highest BCUT2D eigenvalue weighted by atomic mass is 35.5. The number of hydrogen-bond acceptors (Lipinski definition) is 4. The van der Waals surface area contributed by atoms with E-state index in [0.717, 1.165) is 11.3 Å². The largest absolute Gasteiger partial charge is 0.478 e. The van der Waals surface area contributed by atoms with E-state index in [1.165, 1.54) is 0 Å². The Morgan fingerprint density at radius 2 is 2.17 bits per heavy atom. The average Bonchev–Trinajstić information content (AvgIpc) is 2.77. The van der Waals surface area contributed by atoms with Crippen LogP contribution in [0.2, 0.25) is 0 Å². The van der Waals surface area contributed by atoms with E-state index in [4.69, 9.17) is 16.6 Å². The number of pyridine rings is 1. The van der Waals surface area contributed by atoms with Crippen LogP contribution in [0.4, 0.5) is 0 Å². The van der Waals surface area contributed by atoms with Crippen molar-refractivity contribution in [1.29, 1.82) is 0 Å². The molecule has 0 bridgehead atoms. The molecule has 1 aliphatic heterocycles. The third kappa shape index (κ3) is 4.04. The highest BCUT2D eigenvalue weighted by Crippen LogP contribution is 2.35. The van der Waals surface area contributed by atoms with Crippen molar-refractivity contribution in [3.05, 3.63) is 82.2 Å². The van der Waals surface area contributed by atoms with Crippen molar-refractivity contribution in [2.45, 2.75) is 19.3 Å². The minimum absolute atomic E-state index is 0.0326. The van der Waals surface area contributed by atoms with Crippen LogP contribution in [0.15, 0.2) is 81.5 Å². The fourth-order valence-electron chi connectivity index (χ4n) is 3.77. The summed E-state index contributed by atoms with van der Waals surface area (Å²) in [7, 11) is 0. The van der Waals surface area contributed by atoms with Gasteiger partial charge in [0.1, 0.15) is 0 Å². The van der Waals surface area contributed by atoms with E-state index in [2.05, 4.69) is 10.3 Å². The molecule has 0 radical (unpaired) electrons. The van der Waals surface area contributed by atoms with E-state index in [1.807, 2.05) is 42.5 Å². The summed E-state index contributed by atoms with van der Waals surface area (Å²) in [6.45, 7) is 0.247. The molecule has 3 aliphatic rings. The Morgan fingerprint density at radius 1 is 1.30 bits per heavy atom. The Labute approximate surface area is 179 Å². The molecule has 7 heteroatoms. The molecular weight excluding hydrogens is 402 g/mol. The summed E-state index contributed by atoms with van der Waals surface area (Å²) in [6.07, 6.45) is 12.5. The number of rotatable bonds is 5. The third-order valence-corrected chi connectivity index (χ3v) is 5.58. The summed E-state index contributed by atoms with van der Waals surface area (Å²) >= 11 is 6.36. The van der Waals surface area contributed by atoms with Gasteiger partial charge < -0.3 is 10.4 Å². The fraction of sp³-hybridized carbons (Fsp3) is 0.217. The minimum Gasteiger partial charge on any atom is -0.478 e. The number of aliphatic imine (C=N–C) groups is 1. The van der Waals surface area contributed by atoms with Gasteiger partial charge in [0.05, 0.1) is 22.1 Å². The maximum Gasteiger partial charge on any atom is 0.332 e. The number of hydrogen-bond donors (Lipinski definition) is 2. The van der Waals surface area contributed by atoms with Crippen LogP contribution in [-0.4, -0.2) is 34.2 Å². The zero-order valence-electron chi connectivity index (χ0n) is 16.1. The molecule has 6 nitrogen and oxygen atoms in total. The quantitative estimate of drug-likeness (QED) is 0.756. The van der Waals surface area contributed by atoms with Crippen LogP contribution in [0.25, 0.3) is 5.70 Å². The first-order valence-corrected chi connectivity index (χ1v) is 10.1. The first-order valence-electron chi connectivity index (χ1n) is 9.72. The molecular formula is C23H20ClN3O3. The van der Waals surface area contributed by atoms with Gasteiger partial charge in [-0.15, -0.1) is 0 Å². The molecule has 152 valence electrons. The molecule has 1 aromatic rings. The lowest BCUT2D eigenvalue weighted by molar-refractivity contribution is -0.133. The van der Waals surface area contributed by atoms with Gasteiger partial charge in [0.25, 0.3) is 5.91 Å². The number of allylic oxidation sites excluding steroid dienone is 5. The molecule has 0 spiro atoms. The van der Waals surface area contributed by atoms with Gasteiger partial charge in [0, 0.05) is 29.8 Å². The van der Waals surface area contributed by atoms with E-state index < -0.39 is 11.9 Å².